The lowest BCUT2D eigenvalue weighted by atomic mass is 9.93. The van der Waals surface area contributed by atoms with Gasteiger partial charge in [0, 0.05) is 30.9 Å². The van der Waals surface area contributed by atoms with Crippen LogP contribution in [0.2, 0.25) is 0 Å². The number of anilines is 1. The Balaban J connectivity index is 1.75. The molecule has 142 valence electrons. The van der Waals surface area contributed by atoms with Crippen LogP contribution in [-0.2, 0) is 29.6 Å². The lowest BCUT2D eigenvalue weighted by molar-refractivity contribution is -0.116. The van der Waals surface area contributed by atoms with Crippen LogP contribution in [0.25, 0.3) is 11.1 Å². The number of nitrogens with zero attached hydrogens (tertiary/aromatic N) is 1. The Morgan fingerprint density at radius 3 is 2.67 bits per heavy atom. The Morgan fingerprint density at radius 2 is 1.93 bits per heavy atom. The molecule has 1 saturated carbocycles. The molecule has 1 fully saturated rings. The fourth-order valence-electron chi connectivity index (χ4n) is 4.16. The van der Waals surface area contributed by atoms with Crippen molar-refractivity contribution in [3.05, 3.63) is 51.4 Å². The van der Waals surface area contributed by atoms with E-state index < -0.39 is 0 Å². The van der Waals surface area contributed by atoms with Gasteiger partial charge in [0.2, 0.25) is 5.91 Å². The first-order chi connectivity index (χ1) is 13.0. The predicted molar refractivity (Wildman–Crippen MR) is 106 cm³/mol. The maximum atomic E-state index is 12.1. The van der Waals surface area contributed by atoms with Gasteiger partial charge in [0.25, 0.3) is 5.56 Å². The summed E-state index contributed by atoms with van der Waals surface area (Å²) < 4.78 is 7.81. The summed E-state index contributed by atoms with van der Waals surface area (Å²) >= 11 is 0. The van der Waals surface area contributed by atoms with E-state index in [0.717, 1.165) is 47.2 Å². The third-order valence-corrected chi connectivity index (χ3v) is 5.67. The van der Waals surface area contributed by atoms with Crippen molar-refractivity contribution in [2.24, 2.45) is 7.05 Å². The number of pyridine rings is 1. The number of aryl methyl sites for hydroxylation is 3. The highest BCUT2D eigenvalue weighted by Crippen LogP contribution is 2.34. The van der Waals surface area contributed by atoms with Gasteiger partial charge in [-0.15, -0.1) is 0 Å². The molecule has 2 aromatic rings. The van der Waals surface area contributed by atoms with E-state index in [1.807, 2.05) is 25.3 Å². The Labute approximate surface area is 159 Å². The highest BCUT2D eigenvalue weighted by molar-refractivity contribution is 5.95. The van der Waals surface area contributed by atoms with Gasteiger partial charge in [0.15, 0.2) is 0 Å². The Kier molecular flexibility index (Phi) is 4.87. The summed E-state index contributed by atoms with van der Waals surface area (Å²) in [6, 6.07) is 6.13. The van der Waals surface area contributed by atoms with Gasteiger partial charge in [0.1, 0.15) is 0 Å². The number of aromatic nitrogens is 1. The molecule has 4 rings (SSSR count). The SMILES string of the molecule is Cc1cc(-c2cc3c(cc2COC2CCCC2)CCC(=O)N3)cn(C)c1=O. The summed E-state index contributed by atoms with van der Waals surface area (Å²) in [6.45, 7) is 2.39. The highest BCUT2D eigenvalue weighted by atomic mass is 16.5. The van der Waals surface area contributed by atoms with Crippen LogP contribution in [0.1, 0.15) is 48.8 Å². The Bertz CT molecular complexity index is 913. The molecule has 5 heteroatoms. The topological polar surface area (TPSA) is 60.3 Å². The minimum atomic E-state index is 0.00812. The van der Waals surface area contributed by atoms with Crippen molar-refractivity contribution in [3.8, 4) is 11.1 Å². The number of ether oxygens (including phenoxy) is 1. The van der Waals surface area contributed by atoms with Gasteiger partial charge >= 0.3 is 0 Å². The molecule has 1 N–H and O–H groups in total. The second kappa shape index (κ2) is 7.31. The van der Waals surface area contributed by atoms with Crippen molar-refractivity contribution >= 4 is 11.6 Å². The summed E-state index contributed by atoms with van der Waals surface area (Å²) in [5, 5.41) is 2.99. The van der Waals surface area contributed by atoms with E-state index in [1.54, 1.807) is 11.6 Å². The predicted octanol–water partition coefficient (Wildman–Crippen LogP) is 3.70. The number of nitrogens with one attached hydrogen (secondary N) is 1. The minimum absolute atomic E-state index is 0.00812. The van der Waals surface area contributed by atoms with Crippen molar-refractivity contribution in [1.82, 2.24) is 4.57 Å². The van der Waals surface area contributed by atoms with Crippen molar-refractivity contribution in [2.45, 2.75) is 58.2 Å². The van der Waals surface area contributed by atoms with E-state index in [1.165, 1.54) is 12.8 Å². The highest BCUT2D eigenvalue weighted by Gasteiger charge is 2.21. The van der Waals surface area contributed by atoms with Gasteiger partial charge in [-0.3, -0.25) is 9.59 Å². The van der Waals surface area contributed by atoms with E-state index in [9.17, 15) is 9.59 Å². The summed E-state index contributed by atoms with van der Waals surface area (Å²) in [5.74, 6) is 0.0556. The maximum absolute atomic E-state index is 12.1. The molecule has 5 nitrogen and oxygen atoms in total. The van der Waals surface area contributed by atoms with Crippen LogP contribution in [0.15, 0.2) is 29.2 Å². The lowest BCUT2D eigenvalue weighted by Gasteiger charge is -2.22. The molecule has 27 heavy (non-hydrogen) atoms. The van der Waals surface area contributed by atoms with Crippen LogP contribution in [-0.4, -0.2) is 16.6 Å². The van der Waals surface area contributed by atoms with E-state index in [2.05, 4.69) is 11.4 Å². The minimum Gasteiger partial charge on any atom is -0.374 e. The molecule has 0 radical (unpaired) electrons. The van der Waals surface area contributed by atoms with Gasteiger partial charge in [-0.1, -0.05) is 18.9 Å². The molecule has 2 aliphatic rings. The Morgan fingerprint density at radius 1 is 1.15 bits per heavy atom. The summed E-state index contributed by atoms with van der Waals surface area (Å²) in [6.07, 6.45) is 8.24. The quantitative estimate of drug-likeness (QED) is 0.897. The van der Waals surface area contributed by atoms with E-state index in [-0.39, 0.29) is 11.5 Å². The average Bonchev–Trinajstić information content (AvgIpc) is 3.17. The monoisotopic (exact) mass is 366 g/mol. The van der Waals surface area contributed by atoms with Crippen LogP contribution in [0.4, 0.5) is 5.69 Å². The zero-order valence-electron chi connectivity index (χ0n) is 16.0. The van der Waals surface area contributed by atoms with Gasteiger partial charge in [0.05, 0.1) is 12.7 Å². The molecular weight excluding hydrogens is 340 g/mol. The molecule has 0 atom stereocenters. The van der Waals surface area contributed by atoms with Crippen molar-refractivity contribution in [3.63, 3.8) is 0 Å². The molecule has 0 spiro atoms. The molecule has 1 amide bonds. The molecule has 1 aliphatic carbocycles. The zero-order chi connectivity index (χ0) is 19.0. The maximum Gasteiger partial charge on any atom is 0.253 e. The average molecular weight is 366 g/mol. The van der Waals surface area contributed by atoms with Crippen LogP contribution < -0.4 is 10.9 Å². The molecule has 0 saturated heterocycles. The van der Waals surface area contributed by atoms with Crippen LogP contribution >= 0.6 is 0 Å². The van der Waals surface area contributed by atoms with Gasteiger partial charge in [-0.2, -0.15) is 0 Å². The van der Waals surface area contributed by atoms with Crippen LogP contribution in [0, 0.1) is 6.92 Å². The number of carbonyl (C=O) groups is 1. The largest absolute Gasteiger partial charge is 0.374 e. The van der Waals surface area contributed by atoms with Crippen molar-refractivity contribution < 1.29 is 9.53 Å². The first-order valence-electron chi connectivity index (χ1n) is 9.76. The number of amides is 1. The third kappa shape index (κ3) is 3.69. The molecule has 1 aliphatic heterocycles. The fraction of sp³-hybridized carbons (Fsp3) is 0.455. The molecule has 0 unspecified atom stereocenters. The molecule has 1 aromatic heterocycles. The molecular formula is C22H26N2O3. The third-order valence-electron chi connectivity index (χ3n) is 5.67. The summed E-state index contributed by atoms with van der Waals surface area (Å²) in [7, 11) is 1.77. The molecule has 2 heterocycles. The summed E-state index contributed by atoms with van der Waals surface area (Å²) in [5.41, 5.74) is 5.86. The van der Waals surface area contributed by atoms with Crippen molar-refractivity contribution in [2.75, 3.05) is 5.32 Å². The second-order valence-corrected chi connectivity index (χ2v) is 7.76. The first kappa shape index (κ1) is 18.0. The summed E-state index contributed by atoms with van der Waals surface area (Å²) in [4.78, 5) is 23.9. The normalized spacial score (nSPS) is 17.0. The number of rotatable bonds is 4. The van der Waals surface area contributed by atoms with Crippen LogP contribution in [0.3, 0.4) is 0 Å². The number of fused-ring (bicyclic) bond motifs is 1. The smallest absolute Gasteiger partial charge is 0.253 e. The number of hydrogen-bond donors (Lipinski definition) is 1. The number of hydrogen-bond acceptors (Lipinski definition) is 3. The second-order valence-electron chi connectivity index (χ2n) is 7.76. The van der Waals surface area contributed by atoms with E-state index >= 15 is 0 Å². The number of benzene rings is 1. The van der Waals surface area contributed by atoms with E-state index in [0.29, 0.717) is 24.7 Å². The van der Waals surface area contributed by atoms with Crippen molar-refractivity contribution in [1.29, 1.82) is 0 Å². The van der Waals surface area contributed by atoms with E-state index in [4.69, 9.17) is 4.74 Å². The first-order valence-corrected chi connectivity index (χ1v) is 9.76. The molecule has 0 bridgehead atoms. The van der Waals surface area contributed by atoms with Crippen LogP contribution in [0.5, 0.6) is 0 Å². The molecule has 1 aromatic carbocycles. The lowest BCUT2D eigenvalue weighted by Crippen LogP contribution is -2.20. The van der Waals surface area contributed by atoms with Gasteiger partial charge in [-0.05, 0) is 60.6 Å². The van der Waals surface area contributed by atoms with Gasteiger partial charge in [-0.25, -0.2) is 0 Å². The standard InChI is InChI=1S/C22H26N2O3/c1-14-9-16(12-24(2)22(14)26)19-11-20-15(7-8-21(25)23-20)10-17(19)13-27-18-5-3-4-6-18/h9-12,18H,3-8,13H2,1-2H3,(H,23,25). The number of carbonyl (C=O) groups excluding carboxylic acids is 1. The van der Waals surface area contributed by atoms with Gasteiger partial charge < -0.3 is 14.6 Å². The Hall–Kier alpha value is -2.40. The zero-order valence-corrected chi connectivity index (χ0v) is 16.0. The fourth-order valence-corrected chi connectivity index (χ4v) is 4.16.